The molecule has 0 bridgehead atoms. The molecule has 0 radical (unpaired) electrons. The molecule has 2 aromatic heterocycles. The lowest BCUT2D eigenvalue weighted by Crippen LogP contribution is -2.05. The van der Waals surface area contributed by atoms with Crippen LogP contribution >= 0.6 is 27.3 Å². The summed E-state index contributed by atoms with van der Waals surface area (Å²) in [5, 5.41) is 1.94. The van der Waals surface area contributed by atoms with Crippen LogP contribution in [-0.4, -0.2) is 11.9 Å². The molecule has 1 aliphatic heterocycles. The fraction of sp³-hybridized carbons (Fsp3) is 0.143. The average Bonchev–Trinajstić information content (AvgIpc) is 3.02. The number of ether oxygens (including phenoxy) is 1. The highest BCUT2D eigenvalue weighted by Crippen LogP contribution is 2.26. The fourth-order valence-electron chi connectivity index (χ4n) is 1.92. The Labute approximate surface area is 127 Å². The molecule has 3 heterocycles. The van der Waals surface area contributed by atoms with Crippen LogP contribution in [0.5, 0.6) is 0 Å². The minimum atomic E-state index is -0.444. The van der Waals surface area contributed by atoms with Crippen molar-refractivity contribution in [3.05, 3.63) is 49.6 Å². The van der Waals surface area contributed by atoms with Crippen LogP contribution in [0.4, 0.5) is 0 Å². The van der Waals surface area contributed by atoms with E-state index in [0.29, 0.717) is 22.9 Å². The predicted molar refractivity (Wildman–Crippen MR) is 80.8 cm³/mol. The van der Waals surface area contributed by atoms with E-state index in [-0.39, 0.29) is 0 Å². The zero-order chi connectivity index (χ0) is 14.3. The summed E-state index contributed by atoms with van der Waals surface area (Å²) in [4.78, 5) is 16.1. The van der Waals surface area contributed by atoms with Crippen LogP contribution in [0.3, 0.4) is 0 Å². The first-order chi connectivity index (χ1) is 9.52. The summed E-state index contributed by atoms with van der Waals surface area (Å²) in [6.07, 6.45) is 1.71. The van der Waals surface area contributed by atoms with Gasteiger partial charge in [0, 0.05) is 0 Å². The maximum atomic E-state index is 11.8. The number of aliphatic imine (C=N–C) groups is 1. The van der Waals surface area contributed by atoms with Crippen molar-refractivity contribution in [1.82, 2.24) is 0 Å². The molecule has 0 amide bonds. The Morgan fingerprint density at radius 2 is 2.15 bits per heavy atom. The number of aryl methyl sites for hydroxylation is 2. The zero-order valence-corrected chi connectivity index (χ0v) is 13.2. The zero-order valence-electron chi connectivity index (χ0n) is 10.8. The molecule has 0 saturated carbocycles. The molecule has 0 aliphatic carbocycles. The Hall–Kier alpha value is -1.66. The maximum Gasteiger partial charge on any atom is 0.363 e. The number of cyclic esters (lactones) is 1. The molecule has 4 nitrogen and oxygen atoms in total. The molecule has 0 unspecified atom stereocenters. The number of carbonyl (C=O) groups is 1. The van der Waals surface area contributed by atoms with Gasteiger partial charge in [-0.2, -0.15) is 0 Å². The molecule has 6 heteroatoms. The normalized spacial score (nSPS) is 16.6. The van der Waals surface area contributed by atoms with Gasteiger partial charge in [0.05, 0.1) is 9.35 Å². The summed E-state index contributed by atoms with van der Waals surface area (Å²) >= 11 is 4.93. The van der Waals surface area contributed by atoms with Gasteiger partial charge in [-0.15, -0.1) is 11.3 Å². The minimum Gasteiger partial charge on any atom is -0.466 e. The SMILES string of the molecule is Cc1cc(C2=N/C(=C/c3csc(Br)c3)C(=O)O2)c(C)o1. The van der Waals surface area contributed by atoms with Crippen molar-refractivity contribution in [2.24, 2.45) is 4.99 Å². The molecule has 0 atom stereocenters. The third-order valence-electron chi connectivity index (χ3n) is 2.78. The Balaban J connectivity index is 1.96. The van der Waals surface area contributed by atoms with Crippen molar-refractivity contribution in [2.45, 2.75) is 13.8 Å². The number of esters is 1. The molecule has 1 aliphatic rings. The van der Waals surface area contributed by atoms with E-state index < -0.39 is 5.97 Å². The summed E-state index contributed by atoms with van der Waals surface area (Å²) in [7, 11) is 0. The van der Waals surface area contributed by atoms with Crippen LogP contribution in [0.25, 0.3) is 6.08 Å². The molecular weight excluding hydrogens is 342 g/mol. The molecule has 102 valence electrons. The Bertz CT molecular complexity index is 754. The summed E-state index contributed by atoms with van der Waals surface area (Å²) in [6, 6.07) is 3.73. The maximum absolute atomic E-state index is 11.8. The van der Waals surface area contributed by atoms with Gasteiger partial charge in [-0.1, -0.05) is 0 Å². The molecule has 0 N–H and O–H groups in total. The summed E-state index contributed by atoms with van der Waals surface area (Å²) in [5.74, 6) is 1.30. The van der Waals surface area contributed by atoms with Gasteiger partial charge < -0.3 is 9.15 Å². The van der Waals surface area contributed by atoms with Crippen LogP contribution in [0.15, 0.2) is 36.4 Å². The highest BCUT2D eigenvalue weighted by molar-refractivity contribution is 9.11. The van der Waals surface area contributed by atoms with Crippen LogP contribution in [0.1, 0.15) is 22.6 Å². The molecular formula is C14H10BrNO3S. The van der Waals surface area contributed by atoms with Gasteiger partial charge >= 0.3 is 5.97 Å². The van der Waals surface area contributed by atoms with Gasteiger partial charge in [-0.25, -0.2) is 9.79 Å². The lowest BCUT2D eigenvalue weighted by Gasteiger charge is -1.95. The van der Waals surface area contributed by atoms with E-state index in [2.05, 4.69) is 20.9 Å². The molecule has 2 aromatic rings. The van der Waals surface area contributed by atoms with Gasteiger partial charge in [-0.3, -0.25) is 0 Å². The summed E-state index contributed by atoms with van der Waals surface area (Å²) in [5.41, 5.74) is 1.92. The fourth-order valence-corrected chi connectivity index (χ4v) is 3.06. The van der Waals surface area contributed by atoms with Crippen molar-refractivity contribution in [1.29, 1.82) is 0 Å². The Morgan fingerprint density at radius 3 is 2.75 bits per heavy atom. The number of furan rings is 1. The molecule has 0 fully saturated rings. The first-order valence-electron chi connectivity index (χ1n) is 5.87. The van der Waals surface area contributed by atoms with Crippen LogP contribution in [0.2, 0.25) is 0 Å². The molecule has 0 saturated heterocycles. The van der Waals surface area contributed by atoms with E-state index >= 15 is 0 Å². The van der Waals surface area contributed by atoms with Crippen LogP contribution in [-0.2, 0) is 9.53 Å². The van der Waals surface area contributed by atoms with Crippen molar-refractivity contribution >= 4 is 45.2 Å². The number of hydrogen-bond donors (Lipinski definition) is 0. The predicted octanol–water partition coefficient (Wildman–Crippen LogP) is 4.06. The lowest BCUT2D eigenvalue weighted by molar-refractivity contribution is -0.129. The Kier molecular flexibility index (Phi) is 3.35. The third-order valence-corrected chi connectivity index (χ3v) is 4.31. The van der Waals surface area contributed by atoms with Crippen molar-refractivity contribution in [3.8, 4) is 0 Å². The summed E-state index contributed by atoms with van der Waals surface area (Å²) < 4.78 is 11.6. The van der Waals surface area contributed by atoms with Gasteiger partial charge in [0.1, 0.15) is 11.5 Å². The number of rotatable bonds is 2. The number of nitrogens with zero attached hydrogens (tertiary/aromatic N) is 1. The van der Waals surface area contributed by atoms with Gasteiger partial charge in [-0.05, 0) is 58.9 Å². The largest absolute Gasteiger partial charge is 0.466 e. The third kappa shape index (κ3) is 2.48. The number of thiophene rings is 1. The van der Waals surface area contributed by atoms with E-state index in [1.165, 1.54) is 0 Å². The molecule has 20 heavy (non-hydrogen) atoms. The van der Waals surface area contributed by atoms with E-state index in [4.69, 9.17) is 9.15 Å². The minimum absolute atomic E-state index is 0.295. The van der Waals surface area contributed by atoms with Crippen LogP contribution in [0, 0.1) is 13.8 Å². The van der Waals surface area contributed by atoms with E-state index in [9.17, 15) is 4.79 Å². The number of hydrogen-bond acceptors (Lipinski definition) is 5. The van der Waals surface area contributed by atoms with Gasteiger partial charge in [0.15, 0.2) is 5.70 Å². The highest BCUT2D eigenvalue weighted by Gasteiger charge is 2.26. The monoisotopic (exact) mass is 351 g/mol. The van der Waals surface area contributed by atoms with E-state index in [0.717, 1.165) is 15.1 Å². The average molecular weight is 352 g/mol. The smallest absolute Gasteiger partial charge is 0.363 e. The highest BCUT2D eigenvalue weighted by atomic mass is 79.9. The topological polar surface area (TPSA) is 51.8 Å². The second kappa shape index (κ2) is 5.03. The van der Waals surface area contributed by atoms with Crippen LogP contribution < -0.4 is 0 Å². The van der Waals surface area contributed by atoms with E-state index in [1.54, 1.807) is 17.4 Å². The Morgan fingerprint density at radius 1 is 1.35 bits per heavy atom. The van der Waals surface area contributed by atoms with Crippen molar-refractivity contribution < 1.29 is 13.9 Å². The second-order valence-electron chi connectivity index (χ2n) is 4.35. The molecule has 0 spiro atoms. The molecule has 0 aromatic carbocycles. The summed E-state index contributed by atoms with van der Waals surface area (Å²) in [6.45, 7) is 3.66. The lowest BCUT2D eigenvalue weighted by atomic mass is 10.2. The quantitative estimate of drug-likeness (QED) is 0.605. The second-order valence-corrected chi connectivity index (χ2v) is 6.64. The van der Waals surface area contributed by atoms with Crippen molar-refractivity contribution in [3.63, 3.8) is 0 Å². The standard InChI is InChI=1S/C14H10BrNO3S/c1-7-3-10(8(2)18-7)13-16-11(14(17)19-13)4-9-5-12(15)20-6-9/h3-6H,1-2H3/b11-4+. The first kappa shape index (κ1) is 13.3. The molecule has 3 rings (SSSR count). The van der Waals surface area contributed by atoms with E-state index in [1.807, 2.05) is 31.4 Å². The van der Waals surface area contributed by atoms with Gasteiger partial charge in [0.2, 0.25) is 5.90 Å². The first-order valence-corrected chi connectivity index (χ1v) is 7.54. The van der Waals surface area contributed by atoms with Gasteiger partial charge in [0.25, 0.3) is 0 Å². The number of carbonyl (C=O) groups excluding carboxylic acids is 1. The number of halogens is 1. The van der Waals surface area contributed by atoms with Crippen molar-refractivity contribution in [2.75, 3.05) is 0 Å².